The molecule has 2 nitrogen and oxygen atoms in total. The van der Waals surface area contributed by atoms with Crippen molar-refractivity contribution in [2.45, 2.75) is 26.1 Å². The molecule has 0 amide bonds. The second-order valence-corrected chi connectivity index (χ2v) is 2.84. The van der Waals surface area contributed by atoms with E-state index >= 15 is 0 Å². The van der Waals surface area contributed by atoms with Crippen LogP contribution in [0.25, 0.3) is 0 Å². The molecule has 0 aliphatic carbocycles. The van der Waals surface area contributed by atoms with Crippen LogP contribution in [0, 0.1) is 0 Å². The lowest BCUT2D eigenvalue weighted by molar-refractivity contribution is 0.104. The minimum Gasteiger partial charge on any atom is -0.489 e. The summed E-state index contributed by atoms with van der Waals surface area (Å²) in [6.07, 6.45) is 3.90. The highest BCUT2D eigenvalue weighted by Crippen LogP contribution is 2.31. The van der Waals surface area contributed by atoms with Crippen LogP contribution in [0.1, 0.15) is 13.8 Å². The smallest absolute Gasteiger partial charge is 0.162 e. The Morgan fingerprint density at radius 3 is 1.80 bits per heavy atom. The van der Waals surface area contributed by atoms with Crippen molar-refractivity contribution in [3.8, 4) is 0 Å². The summed E-state index contributed by atoms with van der Waals surface area (Å²) in [4.78, 5) is 0. The van der Waals surface area contributed by atoms with E-state index in [0.717, 1.165) is 0 Å². The van der Waals surface area contributed by atoms with E-state index in [4.69, 9.17) is 9.47 Å². The quantitative estimate of drug-likeness (QED) is 0.506. The van der Waals surface area contributed by atoms with Gasteiger partial charge in [-0.25, -0.2) is 0 Å². The summed E-state index contributed by atoms with van der Waals surface area (Å²) in [5.41, 5.74) is 2.36. The minimum absolute atomic E-state index is 0.167. The van der Waals surface area contributed by atoms with E-state index in [1.54, 1.807) is 12.5 Å². The molecule has 0 spiro atoms. The zero-order valence-corrected chi connectivity index (χ0v) is 6.13. The van der Waals surface area contributed by atoms with Crippen LogP contribution in [-0.2, 0) is 9.47 Å². The van der Waals surface area contributed by atoms with Crippen molar-refractivity contribution in [1.29, 1.82) is 0 Å². The average Bonchev–Trinajstić information content (AvgIpc) is 2.41. The molecule has 2 heteroatoms. The Kier molecular flexibility index (Phi) is 1.04. The number of rotatable bonds is 0. The first-order valence-corrected chi connectivity index (χ1v) is 3.43. The molecular formula is C8H10O2. The Labute approximate surface area is 60.1 Å². The topological polar surface area (TPSA) is 18.5 Å². The van der Waals surface area contributed by atoms with Crippen LogP contribution < -0.4 is 0 Å². The monoisotopic (exact) mass is 138 g/mol. The fraction of sp³-hybridized carbons (Fsp3) is 0.500. The molecule has 2 rings (SSSR count). The maximum atomic E-state index is 5.35. The molecule has 2 atom stereocenters. The Bertz CT molecular complexity index is 191. The van der Waals surface area contributed by atoms with Crippen molar-refractivity contribution in [3.63, 3.8) is 0 Å². The van der Waals surface area contributed by atoms with Gasteiger partial charge in [-0.3, -0.25) is 0 Å². The van der Waals surface area contributed by atoms with Crippen LogP contribution in [0.5, 0.6) is 0 Å². The average molecular weight is 138 g/mol. The molecule has 0 saturated carbocycles. The molecule has 2 aliphatic heterocycles. The fourth-order valence-electron chi connectivity index (χ4n) is 1.33. The predicted octanol–water partition coefficient (Wildman–Crippen LogP) is 1.59. The molecule has 0 aromatic heterocycles. The van der Waals surface area contributed by atoms with Gasteiger partial charge in [0, 0.05) is 11.1 Å². The van der Waals surface area contributed by atoms with E-state index in [0.29, 0.717) is 0 Å². The van der Waals surface area contributed by atoms with Crippen LogP contribution >= 0.6 is 0 Å². The van der Waals surface area contributed by atoms with Gasteiger partial charge in [-0.2, -0.15) is 0 Å². The van der Waals surface area contributed by atoms with Gasteiger partial charge in [0.15, 0.2) is 12.2 Å². The first-order valence-electron chi connectivity index (χ1n) is 3.43. The molecule has 0 aromatic carbocycles. The van der Waals surface area contributed by atoms with Crippen molar-refractivity contribution >= 4 is 0 Å². The van der Waals surface area contributed by atoms with Crippen LogP contribution in [0.4, 0.5) is 0 Å². The van der Waals surface area contributed by atoms with Crippen LogP contribution in [-0.4, -0.2) is 12.2 Å². The van der Waals surface area contributed by atoms with Gasteiger partial charge >= 0.3 is 0 Å². The molecule has 2 unspecified atom stereocenters. The zero-order valence-electron chi connectivity index (χ0n) is 6.13. The number of hydrogen-bond donors (Lipinski definition) is 0. The summed E-state index contributed by atoms with van der Waals surface area (Å²) in [5.74, 6) is 0. The lowest BCUT2D eigenvalue weighted by Crippen LogP contribution is -2.20. The predicted molar refractivity (Wildman–Crippen MR) is 37.3 cm³/mol. The fourth-order valence-corrected chi connectivity index (χ4v) is 1.33. The van der Waals surface area contributed by atoms with Gasteiger partial charge in [0.05, 0.1) is 12.5 Å². The number of ether oxygens (including phenoxy) is 2. The highest BCUT2D eigenvalue weighted by atomic mass is 16.6. The normalized spacial score (nSPS) is 35.8. The van der Waals surface area contributed by atoms with E-state index in [-0.39, 0.29) is 12.2 Å². The maximum absolute atomic E-state index is 5.35. The standard InChI is InChI=1S/C8H10O2/c1-5-3-9-8-6(2)4-10-7(5)8/h3-4,7-8H,1-2H3. The molecule has 0 bridgehead atoms. The second kappa shape index (κ2) is 1.78. The van der Waals surface area contributed by atoms with Crippen LogP contribution in [0.2, 0.25) is 0 Å². The lowest BCUT2D eigenvalue weighted by atomic mass is 10.1. The van der Waals surface area contributed by atoms with E-state index in [1.165, 1.54) is 11.1 Å². The summed E-state index contributed by atoms with van der Waals surface area (Å²) >= 11 is 0. The van der Waals surface area contributed by atoms with Gasteiger partial charge < -0.3 is 9.47 Å². The maximum Gasteiger partial charge on any atom is 0.162 e. The molecular weight excluding hydrogens is 128 g/mol. The van der Waals surface area contributed by atoms with E-state index in [2.05, 4.69) is 0 Å². The molecule has 2 heterocycles. The van der Waals surface area contributed by atoms with Crippen molar-refractivity contribution < 1.29 is 9.47 Å². The summed E-state index contributed by atoms with van der Waals surface area (Å²) in [5, 5.41) is 0. The van der Waals surface area contributed by atoms with Gasteiger partial charge in [0.1, 0.15) is 0 Å². The third kappa shape index (κ3) is 0.589. The molecule has 0 saturated heterocycles. The minimum atomic E-state index is 0.167. The van der Waals surface area contributed by atoms with Gasteiger partial charge in [-0.15, -0.1) is 0 Å². The Balaban J connectivity index is 2.23. The first kappa shape index (κ1) is 5.83. The van der Waals surface area contributed by atoms with Crippen molar-refractivity contribution in [1.82, 2.24) is 0 Å². The van der Waals surface area contributed by atoms with Crippen molar-refractivity contribution in [3.05, 3.63) is 23.7 Å². The molecule has 54 valence electrons. The van der Waals surface area contributed by atoms with Crippen molar-refractivity contribution in [2.24, 2.45) is 0 Å². The highest BCUT2D eigenvalue weighted by molar-refractivity contribution is 5.24. The Morgan fingerprint density at radius 2 is 1.40 bits per heavy atom. The highest BCUT2D eigenvalue weighted by Gasteiger charge is 2.35. The summed E-state index contributed by atoms with van der Waals surface area (Å²) in [7, 11) is 0. The van der Waals surface area contributed by atoms with E-state index in [1.807, 2.05) is 13.8 Å². The Morgan fingerprint density at radius 1 is 1.00 bits per heavy atom. The number of hydrogen-bond acceptors (Lipinski definition) is 2. The van der Waals surface area contributed by atoms with E-state index < -0.39 is 0 Å². The van der Waals surface area contributed by atoms with Gasteiger partial charge in [0.25, 0.3) is 0 Å². The van der Waals surface area contributed by atoms with Gasteiger partial charge in [0.2, 0.25) is 0 Å². The van der Waals surface area contributed by atoms with E-state index in [9.17, 15) is 0 Å². The number of fused-ring (bicyclic) bond motifs is 1. The molecule has 0 fully saturated rings. The summed E-state index contributed by atoms with van der Waals surface area (Å²) in [6, 6.07) is 0. The summed E-state index contributed by atoms with van der Waals surface area (Å²) in [6.45, 7) is 4.05. The molecule has 0 aromatic rings. The molecule has 2 aliphatic rings. The zero-order chi connectivity index (χ0) is 7.14. The van der Waals surface area contributed by atoms with Crippen LogP contribution in [0.15, 0.2) is 23.7 Å². The Hall–Kier alpha value is -0.920. The van der Waals surface area contributed by atoms with Crippen molar-refractivity contribution in [2.75, 3.05) is 0 Å². The molecule has 10 heavy (non-hydrogen) atoms. The van der Waals surface area contributed by atoms with Gasteiger partial charge in [-0.1, -0.05) is 0 Å². The summed E-state index contributed by atoms with van der Waals surface area (Å²) < 4.78 is 10.7. The first-order chi connectivity index (χ1) is 4.79. The third-order valence-electron chi connectivity index (χ3n) is 1.97. The second-order valence-electron chi connectivity index (χ2n) is 2.84. The molecule has 0 N–H and O–H groups in total. The largest absolute Gasteiger partial charge is 0.489 e. The SMILES string of the molecule is CC1=COC2C(C)=COC12. The van der Waals surface area contributed by atoms with Gasteiger partial charge in [-0.05, 0) is 13.8 Å². The third-order valence-corrected chi connectivity index (χ3v) is 1.97. The van der Waals surface area contributed by atoms with Crippen LogP contribution in [0.3, 0.4) is 0 Å². The lowest BCUT2D eigenvalue weighted by Gasteiger charge is -2.10. The molecule has 0 radical (unpaired) electrons.